The summed E-state index contributed by atoms with van der Waals surface area (Å²) in [5.41, 5.74) is 0. The lowest BCUT2D eigenvalue weighted by molar-refractivity contribution is -0.140. The normalized spacial score (nSPS) is 21.7. The molecule has 4 unspecified atom stereocenters. The Kier molecular flexibility index (Phi) is 12.0. The molecule has 1 heterocycles. The van der Waals surface area contributed by atoms with Gasteiger partial charge in [-0.25, -0.2) is 9.59 Å². The summed E-state index contributed by atoms with van der Waals surface area (Å²) in [5.74, 6) is -3.20. The molecule has 5 amide bonds. The second-order valence-electron chi connectivity index (χ2n) is 9.53. The van der Waals surface area contributed by atoms with Crippen molar-refractivity contribution in [1.82, 2.24) is 26.6 Å². The van der Waals surface area contributed by atoms with Gasteiger partial charge in [-0.15, -0.1) is 0 Å². The molecule has 0 aromatic rings. The van der Waals surface area contributed by atoms with Gasteiger partial charge in [-0.2, -0.15) is 0 Å². The summed E-state index contributed by atoms with van der Waals surface area (Å²) >= 11 is 0. The molecular weight excluding hydrogens is 454 g/mol. The van der Waals surface area contributed by atoms with E-state index in [1.54, 1.807) is 45.9 Å². The molecule has 0 aromatic carbocycles. The molecule has 1 aliphatic heterocycles. The van der Waals surface area contributed by atoms with E-state index < -0.39 is 48.0 Å². The summed E-state index contributed by atoms with van der Waals surface area (Å²) in [5, 5.41) is 22.4. The summed E-state index contributed by atoms with van der Waals surface area (Å²) in [6, 6.07) is -4.37. The van der Waals surface area contributed by atoms with Crippen molar-refractivity contribution in [3.8, 4) is 0 Å². The molecule has 35 heavy (non-hydrogen) atoms. The molecule has 6 N–H and O–H groups in total. The lowest BCUT2D eigenvalue weighted by Gasteiger charge is -2.27. The van der Waals surface area contributed by atoms with Gasteiger partial charge in [-0.3, -0.25) is 14.4 Å². The van der Waals surface area contributed by atoms with Crippen molar-refractivity contribution >= 4 is 29.7 Å². The SMILES string of the molecule is CC(C)C1C=CC(=O)NCC/C=C/C(NC(=O)C(NC(=O)NC(C(=O)O)C(C)C)C(C)C)C(=O)N1. The summed E-state index contributed by atoms with van der Waals surface area (Å²) < 4.78 is 0. The van der Waals surface area contributed by atoms with E-state index in [1.165, 1.54) is 6.08 Å². The average molecular weight is 494 g/mol. The van der Waals surface area contributed by atoms with Gasteiger partial charge < -0.3 is 31.7 Å². The zero-order valence-electron chi connectivity index (χ0n) is 21.3. The first-order chi connectivity index (χ1) is 16.3. The van der Waals surface area contributed by atoms with E-state index in [2.05, 4.69) is 26.6 Å². The Morgan fingerprint density at radius 2 is 1.57 bits per heavy atom. The van der Waals surface area contributed by atoms with E-state index in [-0.39, 0.29) is 23.7 Å². The smallest absolute Gasteiger partial charge is 0.326 e. The minimum atomic E-state index is -1.18. The molecule has 11 nitrogen and oxygen atoms in total. The summed E-state index contributed by atoms with van der Waals surface area (Å²) in [6.07, 6.45) is 6.66. The standard InChI is InChI=1S/C24H39N5O6/c1-13(2)16-10-11-18(30)25-12-8-7-9-17(21(31)26-16)27-22(32)19(14(3)4)28-24(35)29-20(15(5)6)23(33)34/h7,9-11,13-17,19-20H,8,12H2,1-6H3,(H,25,30)(H,26,31)(H,27,32)(H,33,34)(H2,28,29,35)/b9-7+,11-10?. The van der Waals surface area contributed by atoms with E-state index in [9.17, 15) is 29.1 Å². The first kappa shape index (κ1) is 29.7. The third kappa shape index (κ3) is 10.2. The van der Waals surface area contributed by atoms with Crippen LogP contribution in [0.1, 0.15) is 48.0 Å². The van der Waals surface area contributed by atoms with Gasteiger partial charge in [0.2, 0.25) is 17.7 Å². The molecule has 196 valence electrons. The highest BCUT2D eigenvalue weighted by molar-refractivity contribution is 5.94. The van der Waals surface area contributed by atoms with E-state index in [4.69, 9.17) is 0 Å². The number of nitrogens with one attached hydrogen (secondary N) is 5. The molecule has 0 spiro atoms. The molecule has 1 aliphatic rings. The van der Waals surface area contributed by atoms with Crippen LogP contribution >= 0.6 is 0 Å². The van der Waals surface area contributed by atoms with Gasteiger partial charge in [-0.05, 0) is 24.2 Å². The number of carboxylic acid groups (broad SMARTS) is 1. The predicted octanol–water partition coefficient (Wildman–Crippen LogP) is 0.677. The number of rotatable bonds is 8. The number of amides is 5. The number of carbonyl (C=O) groups is 5. The lowest BCUT2D eigenvalue weighted by atomic mass is 10.0. The van der Waals surface area contributed by atoms with Gasteiger partial charge in [-0.1, -0.05) is 59.8 Å². The number of carboxylic acids is 1. The van der Waals surface area contributed by atoms with Gasteiger partial charge in [0.25, 0.3) is 0 Å². The molecule has 11 heteroatoms. The van der Waals surface area contributed by atoms with E-state index in [1.807, 2.05) is 13.8 Å². The van der Waals surface area contributed by atoms with Crippen LogP contribution in [0, 0.1) is 17.8 Å². The Morgan fingerprint density at radius 3 is 2.11 bits per heavy atom. The monoisotopic (exact) mass is 493 g/mol. The average Bonchev–Trinajstić information content (AvgIpc) is 2.75. The van der Waals surface area contributed by atoms with Gasteiger partial charge in [0.15, 0.2) is 0 Å². The third-order valence-electron chi connectivity index (χ3n) is 5.46. The molecule has 0 bridgehead atoms. The summed E-state index contributed by atoms with van der Waals surface area (Å²) in [7, 11) is 0. The van der Waals surface area contributed by atoms with E-state index in [0.29, 0.717) is 13.0 Å². The quantitative estimate of drug-likeness (QED) is 0.272. The maximum Gasteiger partial charge on any atom is 0.326 e. The van der Waals surface area contributed by atoms with Crippen molar-refractivity contribution in [2.75, 3.05) is 6.54 Å². The fourth-order valence-electron chi connectivity index (χ4n) is 3.27. The van der Waals surface area contributed by atoms with Crippen LogP contribution in [0.5, 0.6) is 0 Å². The molecule has 1 rings (SSSR count). The molecule has 0 radical (unpaired) electrons. The van der Waals surface area contributed by atoms with E-state index in [0.717, 1.165) is 0 Å². The van der Waals surface area contributed by atoms with Crippen molar-refractivity contribution in [3.05, 3.63) is 24.3 Å². The maximum atomic E-state index is 13.1. The van der Waals surface area contributed by atoms with Crippen molar-refractivity contribution in [2.45, 2.75) is 72.1 Å². The highest BCUT2D eigenvalue weighted by atomic mass is 16.4. The Balaban J connectivity index is 3.01. The predicted molar refractivity (Wildman–Crippen MR) is 131 cm³/mol. The molecular formula is C24H39N5O6. The number of hydrogen-bond acceptors (Lipinski definition) is 5. The van der Waals surface area contributed by atoms with E-state index >= 15 is 0 Å². The molecule has 0 fully saturated rings. The Morgan fingerprint density at radius 1 is 0.971 bits per heavy atom. The molecule has 4 atom stereocenters. The van der Waals surface area contributed by atoms with Crippen LogP contribution in [0.4, 0.5) is 4.79 Å². The van der Waals surface area contributed by atoms with Crippen molar-refractivity contribution in [1.29, 1.82) is 0 Å². The third-order valence-corrected chi connectivity index (χ3v) is 5.46. The number of carbonyl (C=O) groups excluding carboxylic acids is 4. The highest BCUT2D eigenvalue weighted by Gasteiger charge is 2.30. The van der Waals surface area contributed by atoms with Crippen LogP contribution in [-0.2, 0) is 19.2 Å². The summed E-state index contributed by atoms with van der Waals surface area (Å²) in [4.78, 5) is 61.7. The van der Waals surface area contributed by atoms with Crippen LogP contribution in [0.2, 0.25) is 0 Å². The number of urea groups is 1. The van der Waals surface area contributed by atoms with Crippen molar-refractivity contribution in [2.24, 2.45) is 17.8 Å². The van der Waals surface area contributed by atoms with Gasteiger partial charge in [0.1, 0.15) is 18.1 Å². The maximum absolute atomic E-state index is 13.1. The first-order valence-corrected chi connectivity index (χ1v) is 11.9. The minimum absolute atomic E-state index is 0.0109. The van der Waals surface area contributed by atoms with Crippen LogP contribution in [0.15, 0.2) is 24.3 Å². The fraction of sp³-hybridized carbons (Fsp3) is 0.625. The fourth-order valence-corrected chi connectivity index (χ4v) is 3.27. The van der Waals surface area contributed by atoms with Gasteiger partial charge in [0.05, 0.1) is 0 Å². The van der Waals surface area contributed by atoms with Crippen LogP contribution in [0.25, 0.3) is 0 Å². The topological polar surface area (TPSA) is 166 Å². The second-order valence-corrected chi connectivity index (χ2v) is 9.53. The van der Waals surface area contributed by atoms with Crippen molar-refractivity contribution in [3.63, 3.8) is 0 Å². The minimum Gasteiger partial charge on any atom is -0.480 e. The Bertz CT molecular complexity index is 836. The van der Waals surface area contributed by atoms with Crippen LogP contribution in [0.3, 0.4) is 0 Å². The van der Waals surface area contributed by atoms with Gasteiger partial charge in [0, 0.05) is 18.7 Å². The zero-order chi connectivity index (χ0) is 26.7. The Hall–Kier alpha value is -3.37. The first-order valence-electron chi connectivity index (χ1n) is 11.9. The number of hydrogen-bond donors (Lipinski definition) is 6. The number of aliphatic carboxylic acids is 1. The largest absolute Gasteiger partial charge is 0.480 e. The lowest BCUT2D eigenvalue weighted by Crippen LogP contribution is -2.58. The van der Waals surface area contributed by atoms with Crippen molar-refractivity contribution < 1.29 is 29.1 Å². The molecule has 0 saturated carbocycles. The molecule has 0 saturated heterocycles. The zero-order valence-corrected chi connectivity index (χ0v) is 21.3. The molecule has 0 aliphatic carbocycles. The highest BCUT2D eigenvalue weighted by Crippen LogP contribution is 2.08. The van der Waals surface area contributed by atoms with Crippen LogP contribution in [-0.4, -0.2) is 65.5 Å². The second kappa shape index (κ2) is 14.1. The van der Waals surface area contributed by atoms with Gasteiger partial charge >= 0.3 is 12.0 Å². The summed E-state index contributed by atoms with van der Waals surface area (Å²) in [6.45, 7) is 10.9. The molecule has 0 aromatic heterocycles. The Labute approximate surface area is 206 Å². The van der Waals surface area contributed by atoms with Crippen LogP contribution < -0.4 is 26.6 Å².